The third kappa shape index (κ3) is 3.91. The summed E-state index contributed by atoms with van der Waals surface area (Å²) in [5, 5.41) is 9.65. The molecular weight excluding hydrogens is 356 g/mol. The van der Waals surface area contributed by atoms with Crippen LogP contribution in [-0.2, 0) is 0 Å². The van der Waals surface area contributed by atoms with Crippen LogP contribution in [0.15, 0.2) is 72.8 Å². The third-order valence-electron chi connectivity index (χ3n) is 4.09. The highest BCUT2D eigenvalue weighted by molar-refractivity contribution is 7.20. The summed E-state index contributed by atoms with van der Waals surface area (Å²) in [7, 11) is 0. The summed E-state index contributed by atoms with van der Waals surface area (Å²) in [6, 6.07) is 25.2. The summed E-state index contributed by atoms with van der Waals surface area (Å²) in [4.78, 5) is 4.51. The number of rotatable bonds is 5. The van der Waals surface area contributed by atoms with Crippen molar-refractivity contribution in [1.82, 2.24) is 4.98 Å². The number of para-hydroxylation sites is 1. The van der Waals surface area contributed by atoms with Crippen molar-refractivity contribution in [2.45, 2.75) is 12.8 Å². The topological polar surface area (TPSA) is 55.1 Å². The van der Waals surface area contributed by atoms with Crippen molar-refractivity contribution in [3.8, 4) is 28.5 Å². The molecule has 1 atom stereocenters. The van der Waals surface area contributed by atoms with Gasteiger partial charge in [-0.05, 0) is 61.0 Å². The molecule has 0 spiro atoms. The number of nitrogens with zero attached hydrogens (tertiary/aromatic N) is 2. The normalized spacial score (nSPS) is 11.7. The van der Waals surface area contributed by atoms with Crippen LogP contribution < -0.4 is 9.47 Å². The van der Waals surface area contributed by atoms with Gasteiger partial charge >= 0.3 is 0 Å². The predicted molar refractivity (Wildman–Crippen MR) is 107 cm³/mol. The highest BCUT2D eigenvalue weighted by atomic mass is 32.1. The molecular formula is C22H16N2O2S. The monoisotopic (exact) mass is 372 g/mol. The maximum Gasteiger partial charge on any atom is 0.279 e. The Bertz CT molecular complexity index is 1100. The summed E-state index contributed by atoms with van der Waals surface area (Å²) in [6.45, 7) is 1.89. The fourth-order valence-corrected chi connectivity index (χ4v) is 3.49. The first kappa shape index (κ1) is 17.1. The third-order valence-corrected chi connectivity index (χ3v) is 4.99. The van der Waals surface area contributed by atoms with E-state index in [0.29, 0.717) is 10.9 Å². The van der Waals surface area contributed by atoms with Crippen LogP contribution in [0, 0.1) is 11.3 Å². The second-order valence-electron chi connectivity index (χ2n) is 6.05. The lowest BCUT2D eigenvalue weighted by Gasteiger charge is -2.06. The Morgan fingerprint density at radius 2 is 1.56 bits per heavy atom. The van der Waals surface area contributed by atoms with E-state index in [1.54, 1.807) is 0 Å². The van der Waals surface area contributed by atoms with E-state index in [9.17, 15) is 0 Å². The zero-order valence-electron chi connectivity index (χ0n) is 14.6. The number of benzene rings is 3. The van der Waals surface area contributed by atoms with Gasteiger partial charge in [-0.25, -0.2) is 4.98 Å². The zero-order valence-corrected chi connectivity index (χ0v) is 15.4. The van der Waals surface area contributed by atoms with Gasteiger partial charge in [-0.3, -0.25) is 0 Å². The number of thiazole rings is 1. The van der Waals surface area contributed by atoms with Crippen molar-refractivity contribution in [1.29, 1.82) is 5.26 Å². The van der Waals surface area contributed by atoms with Crippen LogP contribution in [0.25, 0.3) is 10.2 Å². The van der Waals surface area contributed by atoms with E-state index in [-0.39, 0.29) is 5.92 Å². The summed E-state index contributed by atoms with van der Waals surface area (Å²) >= 11 is 1.47. The summed E-state index contributed by atoms with van der Waals surface area (Å²) < 4.78 is 12.7. The van der Waals surface area contributed by atoms with Crippen LogP contribution in [0.4, 0.5) is 0 Å². The van der Waals surface area contributed by atoms with Gasteiger partial charge in [0.15, 0.2) is 0 Å². The van der Waals surface area contributed by atoms with Gasteiger partial charge in [0, 0.05) is 0 Å². The molecule has 27 heavy (non-hydrogen) atoms. The quantitative estimate of drug-likeness (QED) is 0.401. The summed E-state index contributed by atoms with van der Waals surface area (Å²) in [5.41, 5.74) is 1.86. The van der Waals surface area contributed by atoms with Crippen molar-refractivity contribution in [2.24, 2.45) is 0 Å². The Morgan fingerprint density at radius 1 is 0.889 bits per heavy atom. The van der Waals surface area contributed by atoms with Crippen molar-refractivity contribution in [3.05, 3.63) is 78.4 Å². The average Bonchev–Trinajstić information content (AvgIpc) is 3.11. The summed E-state index contributed by atoms with van der Waals surface area (Å²) in [5.74, 6) is 2.09. The smallest absolute Gasteiger partial charge is 0.279 e. The Kier molecular flexibility index (Phi) is 4.73. The van der Waals surface area contributed by atoms with Gasteiger partial charge < -0.3 is 9.47 Å². The molecule has 0 radical (unpaired) electrons. The molecule has 0 amide bonds. The molecule has 0 saturated heterocycles. The van der Waals surface area contributed by atoms with Crippen LogP contribution in [0.3, 0.4) is 0 Å². The number of aromatic nitrogens is 1. The van der Waals surface area contributed by atoms with E-state index < -0.39 is 0 Å². The molecule has 1 aromatic heterocycles. The van der Waals surface area contributed by atoms with Crippen LogP contribution in [0.5, 0.6) is 22.4 Å². The fraction of sp³-hybridized carbons (Fsp3) is 0.0909. The van der Waals surface area contributed by atoms with Gasteiger partial charge in [0.1, 0.15) is 17.2 Å². The van der Waals surface area contributed by atoms with Crippen LogP contribution in [0.2, 0.25) is 0 Å². The Labute approximate surface area is 161 Å². The number of hydrogen-bond donors (Lipinski definition) is 0. The van der Waals surface area contributed by atoms with Gasteiger partial charge in [0.25, 0.3) is 5.19 Å². The van der Waals surface area contributed by atoms with E-state index in [0.717, 1.165) is 27.3 Å². The SMILES string of the molecule is CC(C#N)c1ccc2nc(Oc3ccc(Oc4ccccc4)cc3)sc2c1. The van der Waals surface area contributed by atoms with E-state index >= 15 is 0 Å². The minimum atomic E-state index is -0.141. The largest absolute Gasteiger partial charge is 0.457 e. The van der Waals surface area contributed by atoms with E-state index in [1.165, 1.54) is 11.3 Å². The minimum Gasteiger partial charge on any atom is -0.457 e. The average molecular weight is 372 g/mol. The molecule has 0 N–H and O–H groups in total. The molecule has 1 heterocycles. The van der Waals surface area contributed by atoms with Crippen molar-refractivity contribution >= 4 is 21.6 Å². The second-order valence-corrected chi connectivity index (χ2v) is 7.04. The fourth-order valence-electron chi connectivity index (χ4n) is 2.61. The highest BCUT2D eigenvalue weighted by Crippen LogP contribution is 2.34. The maximum atomic E-state index is 9.08. The number of hydrogen-bond acceptors (Lipinski definition) is 5. The lowest BCUT2D eigenvalue weighted by molar-refractivity contribution is 0.468. The molecule has 0 bridgehead atoms. The van der Waals surface area contributed by atoms with Crippen LogP contribution >= 0.6 is 11.3 Å². The van der Waals surface area contributed by atoms with Crippen molar-refractivity contribution in [2.75, 3.05) is 0 Å². The lowest BCUT2D eigenvalue weighted by Crippen LogP contribution is -1.87. The lowest BCUT2D eigenvalue weighted by atomic mass is 10.0. The number of fused-ring (bicyclic) bond motifs is 1. The molecule has 4 rings (SSSR count). The van der Waals surface area contributed by atoms with Crippen molar-refractivity contribution in [3.63, 3.8) is 0 Å². The molecule has 1 unspecified atom stereocenters. The molecule has 5 heteroatoms. The van der Waals surface area contributed by atoms with E-state index in [4.69, 9.17) is 14.7 Å². The van der Waals surface area contributed by atoms with Crippen LogP contribution in [0.1, 0.15) is 18.4 Å². The first-order valence-electron chi connectivity index (χ1n) is 8.52. The van der Waals surface area contributed by atoms with E-state index in [1.807, 2.05) is 79.7 Å². The van der Waals surface area contributed by atoms with Crippen molar-refractivity contribution < 1.29 is 9.47 Å². The highest BCUT2D eigenvalue weighted by Gasteiger charge is 2.10. The summed E-state index contributed by atoms with van der Waals surface area (Å²) in [6.07, 6.45) is 0. The Hall–Kier alpha value is -3.36. The molecule has 0 aliphatic carbocycles. The molecule has 132 valence electrons. The molecule has 0 aliphatic rings. The predicted octanol–water partition coefficient (Wildman–Crippen LogP) is 6.51. The molecule has 0 aliphatic heterocycles. The molecule has 3 aromatic carbocycles. The molecule has 0 saturated carbocycles. The molecule has 0 fully saturated rings. The Morgan fingerprint density at radius 3 is 2.26 bits per heavy atom. The maximum absolute atomic E-state index is 9.08. The first-order chi connectivity index (χ1) is 13.2. The van der Waals surface area contributed by atoms with E-state index in [2.05, 4.69) is 11.1 Å². The molecule has 4 nitrogen and oxygen atoms in total. The second kappa shape index (κ2) is 7.48. The van der Waals surface area contributed by atoms with Crippen LogP contribution in [-0.4, -0.2) is 4.98 Å². The van der Waals surface area contributed by atoms with Gasteiger partial charge in [-0.15, -0.1) is 0 Å². The minimum absolute atomic E-state index is 0.141. The first-order valence-corrected chi connectivity index (χ1v) is 9.34. The number of nitriles is 1. The van der Waals surface area contributed by atoms with Gasteiger partial charge in [0.05, 0.1) is 22.2 Å². The zero-order chi connectivity index (χ0) is 18.6. The van der Waals surface area contributed by atoms with Gasteiger partial charge in [-0.2, -0.15) is 5.26 Å². The standard InChI is InChI=1S/C22H16N2O2S/c1-15(14-23)16-7-12-20-21(13-16)27-22(24-20)26-19-10-8-18(9-11-19)25-17-5-3-2-4-6-17/h2-13,15H,1H3. The van der Waals surface area contributed by atoms with Gasteiger partial charge in [0.2, 0.25) is 0 Å². The van der Waals surface area contributed by atoms with Gasteiger partial charge in [-0.1, -0.05) is 35.6 Å². The number of ether oxygens (including phenoxy) is 2. The molecule has 4 aromatic rings. The Balaban J connectivity index is 1.49.